The third-order valence-corrected chi connectivity index (χ3v) is 1.34. The maximum absolute atomic E-state index is 3.63. The first-order chi connectivity index (χ1) is 7.86. The van der Waals surface area contributed by atoms with Crippen molar-refractivity contribution in [3.63, 3.8) is 0 Å². The minimum absolute atomic E-state index is 0.328. The van der Waals surface area contributed by atoms with E-state index in [2.05, 4.69) is 61.9 Å². The van der Waals surface area contributed by atoms with E-state index in [1.807, 2.05) is 0 Å². The van der Waals surface area contributed by atoms with Crippen LogP contribution in [0.2, 0.25) is 0 Å². The minimum atomic E-state index is 0.328. The molecule has 0 amide bonds. The molecule has 0 saturated heterocycles. The molecular weight excluding hydrogens is 216 g/mol. The Balaban J connectivity index is 0.000000138. The van der Waals surface area contributed by atoms with E-state index in [-0.39, 0.29) is 0 Å². The second kappa shape index (κ2) is 4.63. The molecule has 0 aliphatic rings. The van der Waals surface area contributed by atoms with E-state index in [0.717, 1.165) is 0 Å². The average molecular weight is 222 g/mol. The van der Waals surface area contributed by atoms with Gasteiger partial charge < -0.3 is 0 Å². The molecule has 0 bridgehead atoms. The molecule has 16 heavy (non-hydrogen) atoms. The Kier molecular flexibility index (Phi) is 2.82. The normalized spacial score (nSPS) is 9.56. The summed E-state index contributed by atoms with van der Waals surface area (Å²) in [7, 11) is 0. The lowest BCUT2D eigenvalue weighted by atomic mass is 10.6. The van der Waals surface area contributed by atoms with E-state index in [1.54, 1.807) is 6.92 Å². The van der Waals surface area contributed by atoms with Crippen LogP contribution in [-0.4, -0.2) is 61.9 Å². The van der Waals surface area contributed by atoms with Crippen LogP contribution in [0.1, 0.15) is 5.82 Å². The standard InChI is InChI=1S/C2H2N8.C2H4N4/c3-1(4-8-7-3)2-5-9-10-6-2;1-2-3-5-6-4-2/h(H,3,4,7,8)(H,5,6,9,10);1H3,(H,3,4,5,6). The lowest BCUT2D eigenvalue weighted by Gasteiger charge is -1.74. The molecule has 3 aromatic heterocycles. The van der Waals surface area contributed by atoms with Crippen LogP contribution in [0.25, 0.3) is 11.6 Å². The summed E-state index contributed by atoms with van der Waals surface area (Å²) in [6.07, 6.45) is 0. The highest BCUT2D eigenvalue weighted by Crippen LogP contribution is 1.99. The second-order valence-corrected chi connectivity index (χ2v) is 2.43. The molecule has 0 atom stereocenters. The Labute approximate surface area is 87.2 Å². The first-order valence-electron chi connectivity index (χ1n) is 4.03. The number of aromatic amines is 3. The molecule has 3 rings (SSSR count). The molecule has 12 nitrogen and oxygen atoms in total. The molecule has 3 aromatic rings. The first-order valence-corrected chi connectivity index (χ1v) is 4.03. The summed E-state index contributed by atoms with van der Waals surface area (Å²) in [6.45, 7) is 1.77. The van der Waals surface area contributed by atoms with E-state index in [0.29, 0.717) is 17.5 Å². The van der Waals surface area contributed by atoms with Gasteiger partial charge in [0.15, 0.2) is 5.82 Å². The van der Waals surface area contributed by atoms with E-state index < -0.39 is 0 Å². The van der Waals surface area contributed by atoms with Crippen molar-refractivity contribution < 1.29 is 0 Å². The van der Waals surface area contributed by atoms with Gasteiger partial charge in [-0.05, 0) is 17.4 Å². The molecule has 0 unspecified atom stereocenters. The van der Waals surface area contributed by atoms with Gasteiger partial charge in [0.1, 0.15) is 0 Å². The molecule has 0 aromatic carbocycles. The first kappa shape index (κ1) is 9.75. The molecule has 0 spiro atoms. The van der Waals surface area contributed by atoms with Gasteiger partial charge in [0, 0.05) is 0 Å². The second-order valence-electron chi connectivity index (χ2n) is 2.43. The van der Waals surface area contributed by atoms with Crippen LogP contribution < -0.4 is 0 Å². The van der Waals surface area contributed by atoms with Crippen molar-refractivity contribution in [3.05, 3.63) is 5.82 Å². The SMILES string of the molecule is Cc1nn[nH]n1.n1nc(-c2nn[nH]n2)n[nH]1. The number of tetrazole rings is 3. The number of hydrogen-bond donors (Lipinski definition) is 3. The lowest BCUT2D eigenvalue weighted by molar-refractivity contribution is 0.881. The predicted octanol–water partition coefficient (Wildman–Crippen LogP) is -2.11. The summed E-state index contributed by atoms with van der Waals surface area (Å²) in [4.78, 5) is 0. The third-order valence-electron chi connectivity index (χ3n) is 1.34. The average Bonchev–Trinajstić information content (AvgIpc) is 3.02. The minimum Gasteiger partial charge on any atom is -0.177 e. The van der Waals surface area contributed by atoms with Crippen LogP contribution in [0.3, 0.4) is 0 Å². The molecule has 0 fully saturated rings. The third kappa shape index (κ3) is 2.37. The van der Waals surface area contributed by atoms with Gasteiger partial charge in [-0.2, -0.15) is 15.6 Å². The van der Waals surface area contributed by atoms with Crippen molar-refractivity contribution in [2.75, 3.05) is 0 Å². The molecule has 0 aliphatic carbocycles. The van der Waals surface area contributed by atoms with E-state index in [1.165, 1.54) is 0 Å². The molecule has 82 valence electrons. The van der Waals surface area contributed by atoms with Crippen molar-refractivity contribution in [1.29, 1.82) is 0 Å². The Morgan fingerprint density at radius 2 is 1.19 bits per heavy atom. The van der Waals surface area contributed by atoms with Gasteiger partial charge in [-0.25, -0.2) is 0 Å². The Morgan fingerprint density at radius 3 is 1.44 bits per heavy atom. The number of aromatic nitrogens is 12. The van der Waals surface area contributed by atoms with E-state index in [9.17, 15) is 0 Å². The van der Waals surface area contributed by atoms with Crippen LogP contribution in [0, 0.1) is 6.92 Å². The van der Waals surface area contributed by atoms with Crippen molar-refractivity contribution in [2.45, 2.75) is 6.92 Å². The van der Waals surface area contributed by atoms with Gasteiger partial charge >= 0.3 is 0 Å². The number of nitrogens with one attached hydrogen (secondary N) is 3. The molecule has 0 saturated carbocycles. The fraction of sp³-hybridized carbons (Fsp3) is 0.250. The zero-order chi connectivity index (χ0) is 11.2. The van der Waals surface area contributed by atoms with Crippen molar-refractivity contribution >= 4 is 0 Å². The molecule has 0 radical (unpaired) electrons. The molecular formula is C4H6N12. The van der Waals surface area contributed by atoms with Gasteiger partial charge in [0.2, 0.25) is 11.6 Å². The number of hydrogen-bond acceptors (Lipinski definition) is 9. The van der Waals surface area contributed by atoms with Gasteiger partial charge in [-0.1, -0.05) is 5.21 Å². The summed E-state index contributed by atoms with van der Waals surface area (Å²) >= 11 is 0. The van der Waals surface area contributed by atoms with E-state index in [4.69, 9.17) is 0 Å². The molecule has 3 N–H and O–H groups in total. The quantitative estimate of drug-likeness (QED) is 0.417. The summed E-state index contributed by atoms with van der Waals surface area (Å²) < 4.78 is 0. The number of nitrogens with zero attached hydrogens (tertiary/aromatic N) is 9. The largest absolute Gasteiger partial charge is 0.245 e. The topological polar surface area (TPSA) is 163 Å². The Hall–Kier alpha value is -2.79. The zero-order valence-electron chi connectivity index (χ0n) is 8.02. The van der Waals surface area contributed by atoms with Crippen molar-refractivity contribution in [1.82, 2.24) is 61.9 Å². The predicted molar refractivity (Wildman–Crippen MR) is 46.3 cm³/mol. The maximum Gasteiger partial charge on any atom is 0.245 e. The van der Waals surface area contributed by atoms with Crippen LogP contribution in [0.5, 0.6) is 0 Å². The van der Waals surface area contributed by atoms with Crippen LogP contribution in [-0.2, 0) is 0 Å². The molecule has 0 aliphatic heterocycles. The molecule has 12 heteroatoms. The summed E-state index contributed by atoms with van der Waals surface area (Å²) in [5.41, 5.74) is 0. The van der Waals surface area contributed by atoms with Crippen LogP contribution in [0.4, 0.5) is 0 Å². The highest BCUT2D eigenvalue weighted by Gasteiger charge is 2.05. The number of rotatable bonds is 1. The smallest absolute Gasteiger partial charge is 0.177 e. The van der Waals surface area contributed by atoms with Crippen molar-refractivity contribution in [2.24, 2.45) is 0 Å². The summed E-state index contributed by atoms with van der Waals surface area (Å²) in [5, 5.41) is 38.4. The summed E-state index contributed by atoms with van der Waals surface area (Å²) in [5.74, 6) is 1.33. The number of aryl methyl sites for hydroxylation is 1. The summed E-state index contributed by atoms with van der Waals surface area (Å²) in [6, 6.07) is 0. The molecule has 3 heterocycles. The highest BCUT2D eigenvalue weighted by molar-refractivity contribution is 5.37. The van der Waals surface area contributed by atoms with Crippen LogP contribution >= 0.6 is 0 Å². The van der Waals surface area contributed by atoms with Gasteiger partial charge in [0.05, 0.1) is 0 Å². The number of H-pyrrole nitrogens is 3. The monoisotopic (exact) mass is 222 g/mol. The van der Waals surface area contributed by atoms with Crippen molar-refractivity contribution in [3.8, 4) is 11.6 Å². The fourth-order valence-electron chi connectivity index (χ4n) is 0.725. The Morgan fingerprint density at radius 1 is 0.688 bits per heavy atom. The van der Waals surface area contributed by atoms with Gasteiger partial charge in [-0.15, -0.1) is 30.6 Å². The van der Waals surface area contributed by atoms with Gasteiger partial charge in [-0.3, -0.25) is 0 Å². The van der Waals surface area contributed by atoms with Crippen LogP contribution in [0.15, 0.2) is 0 Å². The maximum atomic E-state index is 3.63. The fourth-order valence-corrected chi connectivity index (χ4v) is 0.725. The lowest BCUT2D eigenvalue weighted by Crippen LogP contribution is -1.83. The van der Waals surface area contributed by atoms with E-state index >= 15 is 0 Å². The zero-order valence-corrected chi connectivity index (χ0v) is 8.02. The van der Waals surface area contributed by atoms with Gasteiger partial charge in [0.25, 0.3) is 0 Å². The Bertz CT molecular complexity index is 445. The highest BCUT2D eigenvalue weighted by atomic mass is 15.5.